The molecule has 2 fully saturated rings. The Morgan fingerprint density at radius 2 is 1.71 bits per heavy atom. The Balaban J connectivity index is 0.00000280. The van der Waals surface area contributed by atoms with Crippen molar-refractivity contribution in [3.8, 4) is 0 Å². The van der Waals surface area contributed by atoms with Gasteiger partial charge in [-0.15, -0.1) is 12.4 Å². The number of piperazine rings is 1. The zero-order chi connectivity index (χ0) is 19.3. The number of hydrogen-bond donors (Lipinski definition) is 3. The Hall–Kier alpha value is -1.96. The number of halogens is 1. The van der Waals surface area contributed by atoms with Gasteiger partial charge in [-0.25, -0.2) is 5.48 Å². The van der Waals surface area contributed by atoms with E-state index in [9.17, 15) is 14.4 Å². The molecule has 1 heterocycles. The first-order valence-corrected chi connectivity index (χ1v) is 9.66. The van der Waals surface area contributed by atoms with Crippen LogP contribution >= 0.6 is 12.4 Å². The van der Waals surface area contributed by atoms with Crippen LogP contribution in [-0.4, -0.2) is 46.0 Å². The highest BCUT2D eigenvalue weighted by Gasteiger charge is 2.50. The topological polar surface area (TPSA) is 98.7 Å². The Labute approximate surface area is 171 Å². The van der Waals surface area contributed by atoms with Crippen molar-refractivity contribution in [2.75, 3.05) is 6.54 Å². The molecule has 8 heteroatoms. The largest absolute Gasteiger partial charge is 0.292 e. The molecule has 1 spiro atoms. The lowest BCUT2D eigenvalue weighted by atomic mass is 9.79. The number of nitrogens with one attached hydrogen (secondary N) is 2. The van der Waals surface area contributed by atoms with Crippen molar-refractivity contribution in [2.45, 2.75) is 62.9 Å². The Morgan fingerprint density at radius 3 is 2.32 bits per heavy atom. The number of amides is 3. The van der Waals surface area contributed by atoms with E-state index in [1.165, 1.54) is 5.48 Å². The van der Waals surface area contributed by atoms with Gasteiger partial charge in [0, 0.05) is 0 Å². The van der Waals surface area contributed by atoms with Gasteiger partial charge >= 0.3 is 0 Å². The summed E-state index contributed by atoms with van der Waals surface area (Å²) in [5.41, 5.74) is 1.70. The first-order valence-electron chi connectivity index (χ1n) is 9.66. The molecule has 1 aliphatic heterocycles. The van der Waals surface area contributed by atoms with Crippen molar-refractivity contribution in [1.29, 1.82) is 0 Å². The van der Waals surface area contributed by atoms with Gasteiger partial charge in [-0.3, -0.25) is 29.8 Å². The van der Waals surface area contributed by atoms with E-state index in [1.54, 1.807) is 0 Å². The third-order valence-corrected chi connectivity index (χ3v) is 5.59. The Morgan fingerprint density at radius 1 is 1.11 bits per heavy atom. The van der Waals surface area contributed by atoms with Crippen LogP contribution in [0.25, 0.3) is 0 Å². The van der Waals surface area contributed by atoms with Gasteiger partial charge in [0.2, 0.25) is 11.8 Å². The van der Waals surface area contributed by atoms with E-state index in [0.717, 1.165) is 42.6 Å². The van der Waals surface area contributed by atoms with Gasteiger partial charge in [0.05, 0.1) is 11.6 Å². The SMILES string of the molecule is Cl.O=C(CN1C(=O)[C@H](Cc2ccccc2)NC2(CCCCCCC2)C1=O)NO. The number of benzene rings is 1. The molecule has 0 bridgehead atoms. The number of nitrogens with zero attached hydrogens (tertiary/aromatic N) is 1. The standard InChI is InChI=1S/C20H27N3O4.ClH/c24-17(22-27)14-23-18(25)16(13-15-9-5-4-6-10-15)21-20(19(23)26)11-7-2-1-3-8-12-20;/h4-6,9-10,16,21,27H,1-3,7-8,11-14H2,(H,22,24);1H/t16-;/m0./s1. The van der Waals surface area contributed by atoms with E-state index in [2.05, 4.69) is 5.32 Å². The fourth-order valence-corrected chi connectivity index (χ4v) is 4.19. The summed E-state index contributed by atoms with van der Waals surface area (Å²) in [6, 6.07) is 9.06. The fourth-order valence-electron chi connectivity index (χ4n) is 4.19. The van der Waals surface area contributed by atoms with Crippen LogP contribution in [0.1, 0.15) is 50.5 Å². The molecular weight excluding hydrogens is 382 g/mol. The van der Waals surface area contributed by atoms with Crippen LogP contribution in [0, 0.1) is 0 Å². The second-order valence-electron chi connectivity index (χ2n) is 7.50. The second kappa shape index (κ2) is 10.0. The molecule has 154 valence electrons. The summed E-state index contributed by atoms with van der Waals surface area (Å²) in [6.45, 7) is -0.455. The molecule has 1 saturated carbocycles. The zero-order valence-corrected chi connectivity index (χ0v) is 16.7. The van der Waals surface area contributed by atoms with Crippen LogP contribution in [0.3, 0.4) is 0 Å². The van der Waals surface area contributed by atoms with Gasteiger partial charge in [-0.05, 0) is 24.8 Å². The molecular formula is C20H28ClN3O4. The third-order valence-electron chi connectivity index (χ3n) is 5.59. The number of carbonyl (C=O) groups excluding carboxylic acids is 3. The lowest BCUT2D eigenvalue weighted by Gasteiger charge is -2.45. The maximum Gasteiger partial charge on any atom is 0.263 e. The molecule has 1 aromatic carbocycles. The van der Waals surface area contributed by atoms with Crippen molar-refractivity contribution >= 4 is 30.1 Å². The van der Waals surface area contributed by atoms with E-state index in [1.807, 2.05) is 30.3 Å². The molecule has 3 amide bonds. The van der Waals surface area contributed by atoms with Crippen LogP contribution in [0.15, 0.2) is 30.3 Å². The van der Waals surface area contributed by atoms with Gasteiger partial charge < -0.3 is 0 Å². The van der Waals surface area contributed by atoms with Gasteiger partial charge in [0.1, 0.15) is 6.54 Å². The average molecular weight is 410 g/mol. The number of carbonyl (C=O) groups is 3. The van der Waals surface area contributed by atoms with Gasteiger partial charge in [0.25, 0.3) is 5.91 Å². The van der Waals surface area contributed by atoms with Gasteiger partial charge in [-0.1, -0.05) is 62.4 Å². The van der Waals surface area contributed by atoms with Crippen LogP contribution < -0.4 is 10.8 Å². The molecule has 3 rings (SSSR count). The Kier molecular flexibility index (Phi) is 7.98. The highest BCUT2D eigenvalue weighted by molar-refractivity contribution is 6.07. The van der Waals surface area contributed by atoms with Crippen LogP contribution in [0.5, 0.6) is 0 Å². The molecule has 0 radical (unpaired) electrons. The molecule has 1 aliphatic carbocycles. The molecule has 1 saturated heterocycles. The second-order valence-corrected chi connectivity index (χ2v) is 7.50. The van der Waals surface area contributed by atoms with E-state index in [0.29, 0.717) is 19.3 Å². The van der Waals surface area contributed by atoms with Crippen molar-refractivity contribution in [1.82, 2.24) is 15.7 Å². The minimum atomic E-state index is -0.816. The summed E-state index contributed by atoms with van der Waals surface area (Å²) in [5, 5.41) is 12.2. The molecule has 1 atom stereocenters. The van der Waals surface area contributed by atoms with E-state index < -0.39 is 29.9 Å². The number of hydroxylamine groups is 1. The minimum Gasteiger partial charge on any atom is -0.292 e. The van der Waals surface area contributed by atoms with Gasteiger partial charge in [0.15, 0.2) is 0 Å². The normalized spacial score (nSPS) is 22.2. The molecule has 7 nitrogen and oxygen atoms in total. The first-order chi connectivity index (χ1) is 13.1. The quantitative estimate of drug-likeness (QED) is 0.401. The molecule has 28 heavy (non-hydrogen) atoms. The summed E-state index contributed by atoms with van der Waals surface area (Å²) in [6.07, 6.45) is 6.86. The lowest BCUT2D eigenvalue weighted by Crippen LogP contribution is -2.71. The van der Waals surface area contributed by atoms with Crippen molar-refractivity contribution in [3.05, 3.63) is 35.9 Å². The Bertz CT molecular complexity index is 690. The van der Waals surface area contributed by atoms with E-state index in [-0.39, 0.29) is 18.3 Å². The highest BCUT2D eigenvalue weighted by atomic mass is 35.5. The molecule has 1 aromatic rings. The third kappa shape index (κ3) is 4.90. The number of hydrogen-bond acceptors (Lipinski definition) is 5. The van der Waals surface area contributed by atoms with Crippen LogP contribution in [-0.2, 0) is 20.8 Å². The van der Waals surface area contributed by atoms with E-state index >= 15 is 0 Å². The lowest BCUT2D eigenvalue weighted by molar-refractivity contribution is -0.160. The zero-order valence-electron chi connectivity index (χ0n) is 15.9. The maximum atomic E-state index is 13.2. The van der Waals surface area contributed by atoms with Crippen molar-refractivity contribution < 1.29 is 19.6 Å². The maximum absolute atomic E-state index is 13.2. The number of imide groups is 1. The predicted molar refractivity (Wildman–Crippen MR) is 106 cm³/mol. The number of rotatable bonds is 4. The van der Waals surface area contributed by atoms with Gasteiger partial charge in [-0.2, -0.15) is 0 Å². The molecule has 2 aliphatic rings. The minimum absolute atomic E-state index is 0. The summed E-state index contributed by atoms with van der Waals surface area (Å²) in [5.74, 6) is -1.53. The summed E-state index contributed by atoms with van der Waals surface area (Å²) in [4.78, 5) is 38.9. The highest BCUT2D eigenvalue weighted by Crippen LogP contribution is 2.32. The predicted octanol–water partition coefficient (Wildman–Crippen LogP) is 1.97. The van der Waals surface area contributed by atoms with Crippen LogP contribution in [0.2, 0.25) is 0 Å². The molecule has 3 N–H and O–H groups in total. The average Bonchev–Trinajstić information content (AvgIpc) is 2.66. The summed E-state index contributed by atoms with van der Waals surface area (Å²) in [7, 11) is 0. The molecule has 0 aromatic heterocycles. The summed E-state index contributed by atoms with van der Waals surface area (Å²) >= 11 is 0. The summed E-state index contributed by atoms with van der Waals surface area (Å²) < 4.78 is 0. The first kappa shape index (κ1) is 22.3. The smallest absolute Gasteiger partial charge is 0.263 e. The molecule has 0 unspecified atom stereocenters. The van der Waals surface area contributed by atoms with Crippen molar-refractivity contribution in [2.24, 2.45) is 0 Å². The van der Waals surface area contributed by atoms with Crippen LogP contribution in [0.4, 0.5) is 0 Å². The monoisotopic (exact) mass is 409 g/mol. The fraction of sp³-hybridized carbons (Fsp3) is 0.550. The van der Waals surface area contributed by atoms with Crippen molar-refractivity contribution in [3.63, 3.8) is 0 Å². The van der Waals surface area contributed by atoms with E-state index in [4.69, 9.17) is 5.21 Å².